The molecule has 0 fully saturated rings. The van der Waals surface area contributed by atoms with E-state index in [-0.39, 0.29) is 11.3 Å². The number of amides is 1. The molecule has 1 amide bonds. The molecule has 0 unspecified atom stereocenters. The summed E-state index contributed by atoms with van der Waals surface area (Å²) >= 11 is 0. The van der Waals surface area contributed by atoms with Crippen molar-refractivity contribution >= 4 is 5.91 Å². The lowest BCUT2D eigenvalue weighted by molar-refractivity contribution is -0.137. The number of hydrogen-bond acceptors (Lipinski definition) is 2. The third-order valence-electron chi connectivity index (χ3n) is 4.69. The molecule has 0 saturated heterocycles. The maximum absolute atomic E-state index is 13.0. The molecule has 0 aliphatic carbocycles. The molecular formula is C23H31F3N2O2. The minimum atomic E-state index is -4.37. The Morgan fingerprint density at radius 2 is 1.87 bits per heavy atom. The molecule has 0 aliphatic rings. The number of halogens is 3. The van der Waals surface area contributed by atoms with Gasteiger partial charge < -0.3 is 14.2 Å². The monoisotopic (exact) mass is 424 g/mol. The predicted molar refractivity (Wildman–Crippen MR) is 111 cm³/mol. The molecule has 0 aliphatic heterocycles. The summed E-state index contributed by atoms with van der Waals surface area (Å²) < 4.78 is 46.0. The molecule has 2 rings (SSSR count). The zero-order chi connectivity index (χ0) is 22.4. The number of carbonyl (C=O) groups excluding carboxylic acids is 1. The van der Waals surface area contributed by atoms with Crippen LogP contribution in [0.1, 0.15) is 50.4 Å². The molecule has 7 heteroatoms. The SMILES string of the molecule is COCCCN(Cc1cccn1Cc1cccc(C(F)(F)F)c1)C(=O)CC(C)(C)C. The Balaban J connectivity index is 2.17. The summed E-state index contributed by atoms with van der Waals surface area (Å²) in [6.45, 7) is 7.91. The summed E-state index contributed by atoms with van der Waals surface area (Å²) in [4.78, 5) is 14.7. The van der Waals surface area contributed by atoms with Crippen LogP contribution < -0.4 is 0 Å². The van der Waals surface area contributed by atoms with Crippen LogP contribution in [0.3, 0.4) is 0 Å². The molecule has 0 spiro atoms. The molecule has 0 N–H and O–H groups in total. The number of rotatable bonds is 9. The van der Waals surface area contributed by atoms with Crippen LogP contribution in [0.25, 0.3) is 0 Å². The number of carbonyl (C=O) groups is 1. The fourth-order valence-corrected chi connectivity index (χ4v) is 3.24. The zero-order valence-corrected chi connectivity index (χ0v) is 18.1. The Bertz CT molecular complexity index is 822. The van der Waals surface area contributed by atoms with E-state index in [0.717, 1.165) is 18.2 Å². The van der Waals surface area contributed by atoms with Gasteiger partial charge in [0.25, 0.3) is 0 Å². The van der Waals surface area contributed by atoms with Gasteiger partial charge in [-0.3, -0.25) is 4.79 Å². The second-order valence-corrected chi connectivity index (χ2v) is 8.72. The summed E-state index contributed by atoms with van der Waals surface area (Å²) in [5, 5.41) is 0. The Morgan fingerprint density at radius 3 is 2.50 bits per heavy atom. The second-order valence-electron chi connectivity index (χ2n) is 8.72. The van der Waals surface area contributed by atoms with Crippen LogP contribution in [0, 0.1) is 5.41 Å². The number of aromatic nitrogens is 1. The van der Waals surface area contributed by atoms with E-state index in [2.05, 4.69) is 0 Å². The molecule has 166 valence electrons. The Hall–Kier alpha value is -2.28. The number of alkyl halides is 3. The fourth-order valence-electron chi connectivity index (χ4n) is 3.24. The van der Waals surface area contributed by atoms with Crippen molar-refractivity contribution in [3.8, 4) is 0 Å². The van der Waals surface area contributed by atoms with Crippen LogP contribution in [0.15, 0.2) is 42.6 Å². The summed E-state index contributed by atoms with van der Waals surface area (Å²) in [6.07, 6.45) is -1.39. The van der Waals surface area contributed by atoms with Crippen LogP contribution in [0.4, 0.5) is 13.2 Å². The Kier molecular flexibility index (Phi) is 8.12. The molecule has 1 aromatic carbocycles. The van der Waals surface area contributed by atoms with Gasteiger partial charge in [-0.15, -0.1) is 0 Å². The highest BCUT2D eigenvalue weighted by Crippen LogP contribution is 2.30. The average Bonchev–Trinajstić information content (AvgIpc) is 3.06. The van der Waals surface area contributed by atoms with E-state index in [9.17, 15) is 18.0 Å². The normalized spacial score (nSPS) is 12.2. The first-order valence-electron chi connectivity index (χ1n) is 10.1. The Labute approximate surface area is 176 Å². The zero-order valence-electron chi connectivity index (χ0n) is 18.1. The summed E-state index contributed by atoms with van der Waals surface area (Å²) in [5.74, 6) is 0.0606. The number of hydrogen-bond donors (Lipinski definition) is 0. The van der Waals surface area contributed by atoms with Gasteiger partial charge in [0.05, 0.1) is 12.1 Å². The van der Waals surface area contributed by atoms with E-state index in [1.807, 2.05) is 48.6 Å². The lowest BCUT2D eigenvalue weighted by Gasteiger charge is -2.27. The van der Waals surface area contributed by atoms with Crippen molar-refractivity contribution in [1.82, 2.24) is 9.47 Å². The average molecular weight is 425 g/mol. The molecule has 0 radical (unpaired) electrons. The molecule has 30 heavy (non-hydrogen) atoms. The number of methoxy groups -OCH3 is 1. The van der Waals surface area contributed by atoms with Gasteiger partial charge in [-0.1, -0.05) is 32.9 Å². The van der Waals surface area contributed by atoms with Gasteiger partial charge in [0.1, 0.15) is 0 Å². The molecule has 1 aromatic heterocycles. The van der Waals surface area contributed by atoms with Gasteiger partial charge >= 0.3 is 6.18 Å². The third-order valence-corrected chi connectivity index (χ3v) is 4.69. The van der Waals surface area contributed by atoms with E-state index in [4.69, 9.17) is 4.74 Å². The maximum Gasteiger partial charge on any atom is 0.416 e. The van der Waals surface area contributed by atoms with Crippen LogP contribution >= 0.6 is 0 Å². The first kappa shape index (κ1) is 24.0. The van der Waals surface area contributed by atoms with Crippen molar-refractivity contribution in [3.63, 3.8) is 0 Å². The van der Waals surface area contributed by atoms with Gasteiger partial charge in [0.2, 0.25) is 5.91 Å². The fraction of sp³-hybridized carbons (Fsp3) is 0.522. The van der Waals surface area contributed by atoms with Crippen molar-refractivity contribution in [3.05, 3.63) is 59.4 Å². The highest BCUT2D eigenvalue weighted by Gasteiger charge is 2.30. The van der Waals surface area contributed by atoms with Crippen LogP contribution in [0.2, 0.25) is 0 Å². The lowest BCUT2D eigenvalue weighted by Crippen LogP contribution is -2.35. The smallest absolute Gasteiger partial charge is 0.385 e. The topological polar surface area (TPSA) is 34.5 Å². The molecule has 4 nitrogen and oxygen atoms in total. The lowest BCUT2D eigenvalue weighted by atomic mass is 9.91. The highest BCUT2D eigenvalue weighted by molar-refractivity contribution is 5.76. The summed E-state index contributed by atoms with van der Waals surface area (Å²) in [5.41, 5.74) is 0.660. The van der Waals surface area contributed by atoms with Crippen molar-refractivity contribution in [2.75, 3.05) is 20.3 Å². The maximum atomic E-state index is 13.0. The van der Waals surface area contributed by atoms with E-state index < -0.39 is 11.7 Å². The number of ether oxygens (including phenoxy) is 1. The van der Waals surface area contributed by atoms with Crippen molar-refractivity contribution in [1.29, 1.82) is 0 Å². The summed E-state index contributed by atoms with van der Waals surface area (Å²) in [6, 6.07) is 9.10. The standard InChI is InChI=1S/C23H31F3N2O2/c1-22(2,3)15-21(29)28(12-7-13-30-4)17-20-10-6-11-27(20)16-18-8-5-9-19(14-18)23(24,25)26/h5-6,8-11,14H,7,12-13,15-17H2,1-4H3. The minimum absolute atomic E-state index is 0.0606. The number of benzene rings is 1. The summed E-state index contributed by atoms with van der Waals surface area (Å²) in [7, 11) is 1.63. The largest absolute Gasteiger partial charge is 0.416 e. The van der Waals surface area contributed by atoms with Crippen molar-refractivity contribution < 1.29 is 22.7 Å². The van der Waals surface area contributed by atoms with Crippen LogP contribution in [0.5, 0.6) is 0 Å². The number of nitrogens with zero attached hydrogens (tertiary/aromatic N) is 2. The van der Waals surface area contributed by atoms with E-state index in [1.54, 1.807) is 13.2 Å². The molecule has 0 saturated carbocycles. The minimum Gasteiger partial charge on any atom is -0.385 e. The van der Waals surface area contributed by atoms with Crippen molar-refractivity contribution in [2.24, 2.45) is 5.41 Å². The predicted octanol–water partition coefficient (Wildman–Crippen LogP) is 5.36. The Morgan fingerprint density at radius 1 is 1.13 bits per heavy atom. The molecule has 2 aromatic rings. The quantitative estimate of drug-likeness (QED) is 0.508. The molecule has 1 heterocycles. The van der Waals surface area contributed by atoms with Gasteiger partial charge in [0.15, 0.2) is 0 Å². The highest BCUT2D eigenvalue weighted by atomic mass is 19.4. The van der Waals surface area contributed by atoms with Gasteiger partial charge in [-0.25, -0.2) is 0 Å². The van der Waals surface area contributed by atoms with Crippen LogP contribution in [-0.2, 0) is 28.8 Å². The van der Waals surface area contributed by atoms with E-state index in [0.29, 0.717) is 38.2 Å². The van der Waals surface area contributed by atoms with Gasteiger partial charge in [-0.05, 0) is 41.7 Å². The third kappa shape index (κ3) is 7.52. The van der Waals surface area contributed by atoms with Crippen LogP contribution in [-0.4, -0.2) is 35.6 Å². The van der Waals surface area contributed by atoms with E-state index >= 15 is 0 Å². The second kappa shape index (κ2) is 10.2. The first-order chi connectivity index (χ1) is 14.0. The molecule has 0 bridgehead atoms. The van der Waals surface area contributed by atoms with Gasteiger partial charge in [0, 0.05) is 45.1 Å². The molecule has 0 atom stereocenters. The van der Waals surface area contributed by atoms with Gasteiger partial charge in [-0.2, -0.15) is 13.2 Å². The molecular weight excluding hydrogens is 393 g/mol. The van der Waals surface area contributed by atoms with Crippen molar-refractivity contribution in [2.45, 2.75) is 52.9 Å². The first-order valence-corrected chi connectivity index (χ1v) is 10.1. The van der Waals surface area contributed by atoms with E-state index in [1.165, 1.54) is 12.1 Å².